The molecule has 1 aromatic heterocycles. The Labute approximate surface area is 128 Å². The van der Waals surface area contributed by atoms with Crippen LogP contribution < -0.4 is 21.3 Å². The zero-order chi connectivity index (χ0) is 13.4. The van der Waals surface area contributed by atoms with Gasteiger partial charge in [0.1, 0.15) is 0 Å². The molecule has 0 spiro atoms. The van der Waals surface area contributed by atoms with E-state index in [2.05, 4.69) is 30.1 Å². The zero-order valence-corrected chi connectivity index (χ0v) is 15.0. The molecule has 1 heterocycles. The van der Waals surface area contributed by atoms with Crippen molar-refractivity contribution in [1.82, 2.24) is 0 Å². The van der Waals surface area contributed by atoms with Gasteiger partial charge in [0.05, 0.1) is 7.11 Å². The molecule has 0 bridgehead atoms. The fraction of sp³-hybridized carbons (Fsp3) is 0.167. The van der Waals surface area contributed by atoms with Crippen LogP contribution in [0.5, 0.6) is 0 Å². The Morgan fingerprint density at radius 3 is 2.56 bits per heavy atom. The van der Waals surface area contributed by atoms with Crippen LogP contribution in [-0.4, -0.2) is 13.1 Å². The predicted octanol–water partition coefficient (Wildman–Crippen LogP) is -0.00450. The molecule has 0 aliphatic heterocycles. The van der Waals surface area contributed by atoms with Crippen LogP contribution in [0.3, 0.4) is 0 Å². The molecule has 0 amide bonds. The van der Waals surface area contributed by atoms with E-state index in [1.54, 1.807) is 0 Å². The largest absolute Gasteiger partial charge is 0.464 e. The fourth-order valence-electron chi connectivity index (χ4n) is 1.56. The van der Waals surface area contributed by atoms with Gasteiger partial charge in [-0.15, -0.1) is 0 Å². The van der Waals surface area contributed by atoms with Crippen LogP contribution in [0.4, 0.5) is 0 Å². The molecule has 2 rings (SSSR count). The number of hydrogen-bond acceptors (Lipinski definition) is 2. The summed E-state index contributed by atoms with van der Waals surface area (Å²) < 4.78 is 6.52. The van der Waals surface area contributed by atoms with Crippen molar-refractivity contribution < 1.29 is 30.9 Å². The number of nitrogens with zero attached hydrogens (tertiary/aromatic N) is 1. The van der Waals surface area contributed by atoms with Gasteiger partial charge >= 0.3 is 48.1 Å². The maximum absolute atomic E-state index is 11.2. The third-order valence-electron chi connectivity index (χ3n) is 2.32. The summed E-state index contributed by atoms with van der Waals surface area (Å²) in [7, 11) is 1.40. The number of carbonyl (C=O) groups excluding carboxylic acids is 1. The number of halogens is 3. The summed E-state index contributed by atoms with van der Waals surface area (Å²) in [5.74, 6) is -0.239. The number of pyridine rings is 1. The molecule has 0 fully saturated rings. The molecule has 6 heteroatoms. The molecule has 0 aliphatic carbocycles. The van der Waals surface area contributed by atoms with E-state index in [1.807, 2.05) is 47.2 Å². The van der Waals surface area contributed by atoms with Crippen LogP contribution in [0.15, 0.2) is 42.6 Å². The molecule has 2 aromatic rings. The SMILES string of the molecule is Br[I-]Br.COC(=O)C[n+]1cccc2ccccc21. The standard InChI is InChI=1S/C12H12NO2.Br2I/c1-15-12(14)9-13-8-4-6-10-5-2-3-7-11(10)13;1-3-2/h2-8H,9H2,1H3;/q+1;-1. The van der Waals surface area contributed by atoms with Gasteiger partial charge in [0.2, 0.25) is 12.1 Å². The Balaban J connectivity index is 0.000000492. The van der Waals surface area contributed by atoms with E-state index in [-0.39, 0.29) is 29.3 Å². The first kappa shape index (κ1) is 15.8. The van der Waals surface area contributed by atoms with Gasteiger partial charge in [0.15, 0.2) is 6.20 Å². The summed E-state index contributed by atoms with van der Waals surface area (Å²) in [4.78, 5) is 11.2. The van der Waals surface area contributed by atoms with Gasteiger partial charge in [-0.1, -0.05) is 12.1 Å². The second-order valence-corrected chi connectivity index (χ2v) is 13.1. The summed E-state index contributed by atoms with van der Waals surface area (Å²) in [5, 5.41) is 1.11. The number of methoxy groups -OCH3 is 1. The number of ether oxygens (including phenoxy) is 1. The molecule has 1 aromatic carbocycles. The van der Waals surface area contributed by atoms with Crippen molar-refractivity contribution in [1.29, 1.82) is 0 Å². The maximum Gasteiger partial charge on any atom is 0.372 e. The molecule has 0 unspecified atom stereocenters. The average Bonchev–Trinajstić information content (AvgIpc) is 2.40. The second kappa shape index (κ2) is 8.82. The molecule has 0 N–H and O–H groups in total. The molecular formula is C12H12Br2INO2. The molecule has 18 heavy (non-hydrogen) atoms. The number of esters is 1. The second-order valence-electron chi connectivity index (χ2n) is 3.33. The first-order valence-corrected chi connectivity index (χ1v) is 14.7. The number of fused-ring (bicyclic) bond motifs is 1. The summed E-state index contributed by atoms with van der Waals surface area (Å²) in [6, 6.07) is 11.9. The normalized spacial score (nSPS) is 9.72. The smallest absolute Gasteiger partial charge is 0.372 e. The molecule has 0 radical (unpaired) electrons. The summed E-state index contributed by atoms with van der Waals surface area (Å²) >= 11 is 6.56. The van der Waals surface area contributed by atoms with E-state index >= 15 is 0 Å². The summed E-state index contributed by atoms with van der Waals surface area (Å²) in [6.45, 7) is 0.248. The van der Waals surface area contributed by atoms with E-state index in [4.69, 9.17) is 0 Å². The molecule has 0 aliphatic rings. The topological polar surface area (TPSA) is 30.2 Å². The van der Waals surface area contributed by atoms with Crippen LogP contribution in [0.2, 0.25) is 0 Å². The quantitative estimate of drug-likeness (QED) is 0.338. The number of aromatic nitrogens is 1. The van der Waals surface area contributed by atoms with Crippen molar-refractivity contribution in [3.05, 3.63) is 42.6 Å². The Kier molecular flexibility index (Phi) is 7.76. The number of carbonyl (C=O) groups is 1. The van der Waals surface area contributed by atoms with Crippen molar-refractivity contribution in [2.75, 3.05) is 7.11 Å². The van der Waals surface area contributed by atoms with Crippen molar-refractivity contribution in [2.45, 2.75) is 6.54 Å². The van der Waals surface area contributed by atoms with Gasteiger partial charge in [-0.05, 0) is 12.1 Å². The Bertz CT molecular complexity index is 517. The van der Waals surface area contributed by atoms with Gasteiger partial charge in [-0.2, -0.15) is 4.57 Å². The van der Waals surface area contributed by atoms with E-state index in [0.29, 0.717) is 0 Å². The molecular weight excluding hydrogens is 477 g/mol. The summed E-state index contributed by atoms with van der Waals surface area (Å²) in [5.41, 5.74) is 1.03. The van der Waals surface area contributed by atoms with E-state index in [0.717, 1.165) is 10.9 Å². The number of hydrogen-bond donors (Lipinski definition) is 0. The minimum atomic E-state index is -0.239. The minimum Gasteiger partial charge on any atom is -0.464 e. The molecule has 0 saturated carbocycles. The monoisotopic (exact) mass is 487 g/mol. The third kappa shape index (κ3) is 4.81. The Morgan fingerprint density at radius 2 is 1.89 bits per heavy atom. The van der Waals surface area contributed by atoms with Crippen LogP contribution >= 0.6 is 25.4 Å². The van der Waals surface area contributed by atoms with Crippen molar-refractivity contribution in [3.8, 4) is 0 Å². The Morgan fingerprint density at radius 1 is 1.28 bits per heavy atom. The van der Waals surface area contributed by atoms with Gasteiger partial charge in [0.25, 0.3) is 0 Å². The maximum atomic E-state index is 11.2. The molecule has 0 saturated heterocycles. The number of rotatable bonds is 2. The van der Waals surface area contributed by atoms with Crippen LogP contribution in [0.1, 0.15) is 0 Å². The minimum absolute atomic E-state index is 0.215. The van der Waals surface area contributed by atoms with Gasteiger partial charge in [0, 0.05) is 17.5 Å². The van der Waals surface area contributed by atoms with Gasteiger partial charge in [-0.25, -0.2) is 4.79 Å². The van der Waals surface area contributed by atoms with Gasteiger partial charge < -0.3 is 4.74 Å². The van der Waals surface area contributed by atoms with Crippen LogP contribution in [-0.2, 0) is 16.1 Å². The van der Waals surface area contributed by atoms with Crippen molar-refractivity contribution >= 4 is 42.3 Å². The third-order valence-corrected chi connectivity index (χ3v) is 2.32. The van der Waals surface area contributed by atoms with Crippen molar-refractivity contribution in [2.24, 2.45) is 0 Å². The molecule has 0 atom stereocenters. The predicted molar refractivity (Wildman–Crippen MR) is 74.0 cm³/mol. The first-order chi connectivity index (χ1) is 8.72. The Hall–Kier alpha value is -0.210. The first-order valence-electron chi connectivity index (χ1n) is 5.04. The number of benzene rings is 1. The van der Waals surface area contributed by atoms with E-state index in [1.165, 1.54) is 7.11 Å². The van der Waals surface area contributed by atoms with Crippen LogP contribution in [0, 0.1) is 0 Å². The van der Waals surface area contributed by atoms with Gasteiger partial charge in [-0.3, -0.25) is 0 Å². The van der Waals surface area contributed by atoms with E-state index in [9.17, 15) is 4.79 Å². The zero-order valence-electron chi connectivity index (χ0n) is 9.65. The summed E-state index contributed by atoms with van der Waals surface area (Å²) in [6.07, 6.45) is 1.87. The average molecular weight is 489 g/mol. The molecule has 98 valence electrons. The van der Waals surface area contributed by atoms with E-state index < -0.39 is 0 Å². The number of para-hydroxylation sites is 1. The van der Waals surface area contributed by atoms with Crippen LogP contribution in [0.25, 0.3) is 10.9 Å². The fourth-order valence-corrected chi connectivity index (χ4v) is 1.56. The van der Waals surface area contributed by atoms with Crippen molar-refractivity contribution in [3.63, 3.8) is 0 Å². The molecule has 3 nitrogen and oxygen atoms in total.